The van der Waals surface area contributed by atoms with Gasteiger partial charge in [-0.05, 0) is 11.1 Å². The standard InChI is InChI=1S/C19H21N5O3/c20-15(13-9-5-2-6-10-13)16(24-22)19(27)23-14(17(25)18(21)26)11-12-7-3-1-4-8-12/h1-10,14,24H,11,20,22H2,(H2,21,26)(H,23,27)/b16-15-. The molecule has 0 heterocycles. The molecule has 0 fully saturated rings. The molecule has 1 atom stereocenters. The van der Waals surface area contributed by atoms with Crippen molar-refractivity contribution < 1.29 is 14.4 Å². The van der Waals surface area contributed by atoms with Crippen LogP contribution in [0.25, 0.3) is 5.70 Å². The lowest BCUT2D eigenvalue weighted by molar-refractivity contribution is -0.138. The smallest absolute Gasteiger partial charge is 0.287 e. The maximum atomic E-state index is 12.6. The molecule has 2 aromatic rings. The Morgan fingerprint density at radius 2 is 1.44 bits per heavy atom. The molecule has 0 radical (unpaired) electrons. The average Bonchev–Trinajstić information content (AvgIpc) is 2.68. The predicted molar refractivity (Wildman–Crippen MR) is 101 cm³/mol. The van der Waals surface area contributed by atoms with E-state index >= 15 is 0 Å². The molecule has 0 aliphatic rings. The fourth-order valence-electron chi connectivity index (χ4n) is 2.49. The number of benzene rings is 2. The van der Waals surface area contributed by atoms with Gasteiger partial charge in [0.25, 0.3) is 11.8 Å². The van der Waals surface area contributed by atoms with Crippen LogP contribution in [0.5, 0.6) is 0 Å². The zero-order valence-electron chi connectivity index (χ0n) is 14.5. The normalized spacial score (nSPS) is 12.5. The number of carbonyl (C=O) groups excluding carboxylic acids is 3. The van der Waals surface area contributed by atoms with E-state index in [9.17, 15) is 14.4 Å². The molecule has 27 heavy (non-hydrogen) atoms. The number of ketones is 1. The van der Waals surface area contributed by atoms with E-state index in [1.165, 1.54) is 0 Å². The average molecular weight is 367 g/mol. The van der Waals surface area contributed by atoms with E-state index in [4.69, 9.17) is 17.3 Å². The van der Waals surface area contributed by atoms with Crippen LogP contribution >= 0.6 is 0 Å². The molecular weight excluding hydrogens is 346 g/mol. The van der Waals surface area contributed by atoms with Crippen molar-refractivity contribution in [3.8, 4) is 0 Å². The van der Waals surface area contributed by atoms with Gasteiger partial charge in [0.2, 0.25) is 5.78 Å². The summed E-state index contributed by atoms with van der Waals surface area (Å²) in [5.74, 6) is 2.67. The summed E-state index contributed by atoms with van der Waals surface area (Å²) in [4.78, 5) is 36.1. The molecule has 0 saturated carbocycles. The van der Waals surface area contributed by atoms with Crippen LogP contribution in [-0.4, -0.2) is 23.6 Å². The SMILES string of the molecule is NN/C(C(=O)NC(Cc1ccccc1)C(=O)C(N)=O)=C(\N)c1ccccc1. The van der Waals surface area contributed by atoms with E-state index < -0.39 is 23.6 Å². The van der Waals surface area contributed by atoms with Gasteiger partial charge in [-0.15, -0.1) is 0 Å². The number of hydrogen-bond donors (Lipinski definition) is 5. The van der Waals surface area contributed by atoms with Gasteiger partial charge in [-0.25, -0.2) is 0 Å². The van der Waals surface area contributed by atoms with Gasteiger partial charge in [0, 0.05) is 6.42 Å². The van der Waals surface area contributed by atoms with Gasteiger partial charge < -0.3 is 22.2 Å². The molecule has 8 nitrogen and oxygen atoms in total. The van der Waals surface area contributed by atoms with Crippen LogP contribution < -0.4 is 28.1 Å². The zero-order chi connectivity index (χ0) is 19.8. The van der Waals surface area contributed by atoms with E-state index in [2.05, 4.69) is 10.7 Å². The first-order valence-corrected chi connectivity index (χ1v) is 8.14. The van der Waals surface area contributed by atoms with Crippen LogP contribution in [0.3, 0.4) is 0 Å². The van der Waals surface area contributed by atoms with E-state index in [-0.39, 0.29) is 17.8 Å². The molecule has 0 bridgehead atoms. The molecule has 8 N–H and O–H groups in total. The second-order valence-corrected chi connectivity index (χ2v) is 5.74. The first kappa shape index (κ1) is 19.7. The third kappa shape index (κ3) is 5.16. The van der Waals surface area contributed by atoms with Crippen molar-refractivity contribution in [2.24, 2.45) is 17.3 Å². The highest BCUT2D eigenvalue weighted by atomic mass is 16.2. The van der Waals surface area contributed by atoms with Crippen LogP contribution in [0.2, 0.25) is 0 Å². The summed E-state index contributed by atoms with van der Waals surface area (Å²) in [5.41, 5.74) is 14.7. The predicted octanol–water partition coefficient (Wildman–Crippen LogP) is -0.441. The summed E-state index contributed by atoms with van der Waals surface area (Å²) in [7, 11) is 0. The molecule has 2 aromatic carbocycles. The molecular formula is C19H21N5O3. The molecule has 140 valence electrons. The minimum absolute atomic E-state index is 0.0947. The van der Waals surface area contributed by atoms with Crippen molar-refractivity contribution in [3.63, 3.8) is 0 Å². The number of nitrogens with one attached hydrogen (secondary N) is 2. The summed E-state index contributed by atoms with van der Waals surface area (Å²) in [5, 5.41) is 2.48. The summed E-state index contributed by atoms with van der Waals surface area (Å²) in [6.07, 6.45) is 0.0947. The Morgan fingerprint density at radius 3 is 1.96 bits per heavy atom. The quantitative estimate of drug-likeness (QED) is 0.184. The maximum Gasteiger partial charge on any atom is 0.287 e. The van der Waals surface area contributed by atoms with Crippen molar-refractivity contribution in [2.45, 2.75) is 12.5 Å². The Hall–Kier alpha value is -3.65. The Bertz CT molecular complexity index is 850. The number of Topliss-reactive ketones (excluding diaryl/α,β-unsaturated/α-hetero) is 1. The minimum Gasteiger partial charge on any atom is -0.396 e. The largest absolute Gasteiger partial charge is 0.396 e. The topological polar surface area (TPSA) is 153 Å². The van der Waals surface area contributed by atoms with Crippen LogP contribution in [0.15, 0.2) is 66.4 Å². The Labute approximate surface area is 156 Å². The summed E-state index contributed by atoms with van der Waals surface area (Å²) in [6, 6.07) is 16.5. The Balaban J connectivity index is 2.28. The highest BCUT2D eigenvalue weighted by molar-refractivity contribution is 6.38. The Kier molecular flexibility index (Phi) is 6.67. The molecule has 2 rings (SSSR count). The molecule has 1 unspecified atom stereocenters. The van der Waals surface area contributed by atoms with E-state index in [0.717, 1.165) is 5.56 Å². The van der Waals surface area contributed by atoms with Crippen molar-refractivity contribution in [1.29, 1.82) is 0 Å². The second kappa shape index (κ2) is 9.16. The minimum atomic E-state index is -1.15. The van der Waals surface area contributed by atoms with Crippen LogP contribution in [0.1, 0.15) is 11.1 Å². The van der Waals surface area contributed by atoms with Gasteiger partial charge in [-0.2, -0.15) is 0 Å². The van der Waals surface area contributed by atoms with E-state index in [1.54, 1.807) is 54.6 Å². The molecule has 2 amide bonds. The number of nitrogens with two attached hydrogens (primary N) is 3. The number of primary amides is 1. The summed E-state index contributed by atoms with van der Waals surface area (Å²) < 4.78 is 0. The lowest BCUT2D eigenvalue weighted by atomic mass is 10.0. The third-order valence-electron chi connectivity index (χ3n) is 3.87. The van der Waals surface area contributed by atoms with Crippen molar-refractivity contribution in [1.82, 2.24) is 10.7 Å². The monoisotopic (exact) mass is 367 g/mol. The van der Waals surface area contributed by atoms with Gasteiger partial charge >= 0.3 is 0 Å². The third-order valence-corrected chi connectivity index (χ3v) is 3.87. The van der Waals surface area contributed by atoms with Crippen LogP contribution in [-0.2, 0) is 20.8 Å². The van der Waals surface area contributed by atoms with Gasteiger partial charge in [0.05, 0.1) is 5.70 Å². The van der Waals surface area contributed by atoms with Crippen molar-refractivity contribution in [2.75, 3.05) is 0 Å². The highest BCUT2D eigenvalue weighted by Gasteiger charge is 2.27. The molecule has 0 aromatic heterocycles. The van der Waals surface area contributed by atoms with E-state index in [0.29, 0.717) is 5.56 Å². The first-order chi connectivity index (χ1) is 12.9. The van der Waals surface area contributed by atoms with Gasteiger partial charge in [0.1, 0.15) is 11.7 Å². The van der Waals surface area contributed by atoms with Crippen molar-refractivity contribution >= 4 is 23.3 Å². The zero-order valence-corrected chi connectivity index (χ0v) is 14.5. The summed E-state index contributed by atoms with van der Waals surface area (Å²) >= 11 is 0. The van der Waals surface area contributed by atoms with E-state index in [1.807, 2.05) is 6.07 Å². The maximum absolute atomic E-state index is 12.6. The van der Waals surface area contributed by atoms with Gasteiger partial charge in [-0.3, -0.25) is 20.2 Å². The lowest BCUT2D eigenvalue weighted by Gasteiger charge is -2.18. The van der Waals surface area contributed by atoms with Crippen molar-refractivity contribution in [3.05, 3.63) is 77.5 Å². The number of carbonyl (C=O) groups is 3. The van der Waals surface area contributed by atoms with Gasteiger partial charge in [-0.1, -0.05) is 60.7 Å². The second-order valence-electron chi connectivity index (χ2n) is 5.74. The molecule has 8 heteroatoms. The summed E-state index contributed by atoms with van der Waals surface area (Å²) in [6.45, 7) is 0. The number of hydrazine groups is 1. The molecule has 0 aliphatic carbocycles. The molecule has 0 saturated heterocycles. The lowest BCUT2D eigenvalue weighted by Crippen LogP contribution is -2.49. The number of hydrogen-bond acceptors (Lipinski definition) is 6. The molecule has 0 spiro atoms. The Morgan fingerprint density at radius 1 is 0.889 bits per heavy atom. The van der Waals surface area contributed by atoms with Crippen LogP contribution in [0.4, 0.5) is 0 Å². The number of amides is 2. The fraction of sp³-hybridized carbons (Fsp3) is 0.105. The highest BCUT2D eigenvalue weighted by Crippen LogP contribution is 2.12. The van der Waals surface area contributed by atoms with Gasteiger partial charge in [0.15, 0.2) is 0 Å². The van der Waals surface area contributed by atoms with Crippen LogP contribution in [0, 0.1) is 0 Å². The molecule has 0 aliphatic heterocycles. The fourth-order valence-corrected chi connectivity index (χ4v) is 2.49. The number of rotatable bonds is 8. The first-order valence-electron chi connectivity index (χ1n) is 8.14.